The number of aromatic nitrogens is 1. The quantitative estimate of drug-likeness (QED) is 0.883. The van der Waals surface area contributed by atoms with Crippen molar-refractivity contribution in [2.75, 3.05) is 7.11 Å². The third-order valence-electron chi connectivity index (χ3n) is 2.61. The predicted octanol–water partition coefficient (Wildman–Crippen LogP) is 3.00. The number of rotatable bonds is 5. The number of hydrogen-bond donors (Lipinski definition) is 1. The molecule has 1 atom stereocenters. The first-order valence-electron chi connectivity index (χ1n) is 5.56. The second kappa shape index (κ2) is 5.80. The largest absolute Gasteiger partial charge is 0.481 e. The van der Waals surface area contributed by atoms with Gasteiger partial charge in [0.2, 0.25) is 5.88 Å². The molecule has 2 heterocycles. The number of thiophene rings is 1. The minimum absolute atomic E-state index is 0.347. The minimum Gasteiger partial charge on any atom is -0.481 e. The van der Waals surface area contributed by atoms with Gasteiger partial charge in [-0.1, -0.05) is 12.1 Å². The number of pyridine rings is 1. The second-order valence-electron chi connectivity index (χ2n) is 3.79. The molecule has 90 valence electrons. The first kappa shape index (κ1) is 12.1. The highest BCUT2D eigenvalue weighted by Crippen LogP contribution is 2.20. The van der Waals surface area contributed by atoms with Crippen LogP contribution in [0.15, 0.2) is 35.8 Å². The summed E-state index contributed by atoms with van der Waals surface area (Å²) in [5, 5.41) is 5.56. The molecule has 0 bridgehead atoms. The van der Waals surface area contributed by atoms with Crippen molar-refractivity contribution in [1.82, 2.24) is 10.3 Å². The van der Waals surface area contributed by atoms with Gasteiger partial charge in [0.15, 0.2) is 0 Å². The Kier molecular flexibility index (Phi) is 4.12. The van der Waals surface area contributed by atoms with Gasteiger partial charge in [0, 0.05) is 29.2 Å². The van der Waals surface area contributed by atoms with E-state index in [4.69, 9.17) is 4.74 Å². The average molecular weight is 248 g/mol. The van der Waals surface area contributed by atoms with Crippen molar-refractivity contribution in [2.45, 2.75) is 19.5 Å². The van der Waals surface area contributed by atoms with Crippen molar-refractivity contribution in [1.29, 1.82) is 0 Å². The van der Waals surface area contributed by atoms with Gasteiger partial charge in [-0.3, -0.25) is 0 Å². The van der Waals surface area contributed by atoms with E-state index in [1.165, 1.54) is 4.88 Å². The molecule has 0 spiro atoms. The van der Waals surface area contributed by atoms with Crippen LogP contribution < -0.4 is 10.1 Å². The molecular weight excluding hydrogens is 232 g/mol. The van der Waals surface area contributed by atoms with Crippen LogP contribution in [0.5, 0.6) is 5.88 Å². The number of ether oxygens (including phenoxy) is 1. The maximum atomic E-state index is 5.22. The summed E-state index contributed by atoms with van der Waals surface area (Å²) < 4.78 is 5.22. The molecule has 2 aromatic heterocycles. The Morgan fingerprint density at radius 1 is 1.41 bits per heavy atom. The average Bonchev–Trinajstić information content (AvgIpc) is 2.90. The van der Waals surface area contributed by atoms with Crippen molar-refractivity contribution in [2.24, 2.45) is 0 Å². The molecule has 0 amide bonds. The number of methoxy groups -OCH3 is 1. The molecule has 0 saturated heterocycles. The Morgan fingerprint density at radius 2 is 2.29 bits per heavy atom. The lowest BCUT2D eigenvalue weighted by Gasteiger charge is -2.13. The Bertz CT molecular complexity index is 456. The van der Waals surface area contributed by atoms with E-state index in [-0.39, 0.29) is 0 Å². The van der Waals surface area contributed by atoms with Gasteiger partial charge >= 0.3 is 0 Å². The molecule has 0 radical (unpaired) electrons. The second-order valence-corrected chi connectivity index (χ2v) is 4.77. The van der Waals surface area contributed by atoms with Crippen molar-refractivity contribution in [3.63, 3.8) is 0 Å². The number of nitrogens with one attached hydrogen (secondary N) is 1. The zero-order valence-electron chi connectivity index (χ0n) is 10.0. The van der Waals surface area contributed by atoms with E-state index in [0.29, 0.717) is 11.9 Å². The van der Waals surface area contributed by atoms with E-state index in [0.717, 1.165) is 12.1 Å². The van der Waals surface area contributed by atoms with Crippen LogP contribution in [0.2, 0.25) is 0 Å². The Balaban J connectivity index is 1.98. The van der Waals surface area contributed by atoms with Gasteiger partial charge in [0.05, 0.1) is 7.11 Å². The summed E-state index contributed by atoms with van der Waals surface area (Å²) in [6.07, 6.45) is 1.74. The van der Waals surface area contributed by atoms with E-state index < -0.39 is 0 Å². The Morgan fingerprint density at radius 3 is 3.00 bits per heavy atom. The molecule has 0 aliphatic rings. The maximum Gasteiger partial charge on any atom is 0.217 e. The Hall–Kier alpha value is -1.39. The van der Waals surface area contributed by atoms with Crippen molar-refractivity contribution < 1.29 is 4.74 Å². The fraction of sp³-hybridized carbons (Fsp3) is 0.308. The third-order valence-corrected chi connectivity index (χ3v) is 3.67. The molecule has 0 fully saturated rings. The molecule has 2 rings (SSSR count). The fourth-order valence-electron chi connectivity index (χ4n) is 1.64. The zero-order valence-corrected chi connectivity index (χ0v) is 10.8. The summed E-state index contributed by atoms with van der Waals surface area (Å²) in [5.41, 5.74) is 1.08. The standard InChI is InChI=1S/C13H16N2OS/c1-10(12-6-4-8-17-12)15-9-11-5-3-7-14-13(11)16-2/h3-8,10,15H,9H2,1-2H3/t10-/m1/s1. The first-order chi connectivity index (χ1) is 8.31. The molecule has 0 saturated carbocycles. The molecule has 2 aromatic rings. The van der Waals surface area contributed by atoms with Crippen LogP contribution in [0.1, 0.15) is 23.4 Å². The van der Waals surface area contributed by atoms with Crippen LogP contribution >= 0.6 is 11.3 Å². The minimum atomic E-state index is 0.347. The summed E-state index contributed by atoms with van der Waals surface area (Å²) in [6, 6.07) is 8.51. The van der Waals surface area contributed by atoms with Gasteiger partial charge in [-0.05, 0) is 24.4 Å². The lowest BCUT2D eigenvalue weighted by Crippen LogP contribution is -2.17. The van der Waals surface area contributed by atoms with E-state index in [9.17, 15) is 0 Å². The lowest BCUT2D eigenvalue weighted by atomic mass is 10.2. The van der Waals surface area contributed by atoms with E-state index >= 15 is 0 Å². The fourth-order valence-corrected chi connectivity index (χ4v) is 2.40. The molecular formula is C13H16N2OS. The van der Waals surface area contributed by atoms with Crippen molar-refractivity contribution >= 4 is 11.3 Å². The summed E-state index contributed by atoms with van der Waals surface area (Å²) >= 11 is 1.77. The van der Waals surface area contributed by atoms with Crippen LogP contribution in [0.25, 0.3) is 0 Å². The SMILES string of the molecule is COc1ncccc1CN[C@H](C)c1cccs1. The maximum absolute atomic E-state index is 5.22. The molecule has 4 heteroatoms. The highest BCUT2D eigenvalue weighted by molar-refractivity contribution is 7.10. The van der Waals surface area contributed by atoms with Crippen LogP contribution in [0.3, 0.4) is 0 Å². The summed E-state index contributed by atoms with van der Waals surface area (Å²) in [6.45, 7) is 2.92. The number of nitrogens with zero attached hydrogens (tertiary/aromatic N) is 1. The summed E-state index contributed by atoms with van der Waals surface area (Å²) in [7, 11) is 1.65. The van der Waals surface area contributed by atoms with E-state index in [2.05, 4.69) is 34.7 Å². The van der Waals surface area contributed by atoms with Gasteiger partial charge in [-0.25, -0.2) is 4.98 Å². The number of hydrogen-bond acceptors (Lipinski definition) is 4. The molecule has 0 unspecified atom stereocenters. The van der Waals surface area contributed by atoms with Gasteiger partial charge in [0.25, 0.3) is 0 Å². The van der Waals surface area contributed by atoms with Gasteiger partial charge in [0.1, 0.15) is 0 Å². The van der Waals surface area contributed by atoms with Gasteiger partial charge < -0.3 is 10.1 Å². The predicted molar refractivity (Wildman–Crippen MR) is 70.4 cm³/mol. The molecule has 0 aliphatic carbocycles. The molecule has 17 heavy (non-hydrogen) atoms. The lowest BCUT2D eigenvalue weighted by molar-refractivity contribution is 0.389. The van der Waals surface area contributed by atoms with E-state index in [1.54, 1.807) is 24.6 Å². The van der Waals surface area contributed by atoms with Crippen LogP contribution in [-0.4, -0.2) is 12.1 Å². The zero-order chi connectivity index (χ0) is 12.1. The summed E-state index contributed by atoms with van der Waals surface area (Å²) in [5.74, 6) is 0.693. The third kappa shape index (κ3) is 3.05. The van der Waals surface area contributed by atoms with Crippen LogP contribution in [-0.2, 0) is 6.54 Å². The monoisotopic (exact) mass is 248 g/mol. The highest BCUT2D eigenvalue weighted by atomic mass is 32.1. The topological polar surface area (TPSA) is 34.1 Å². The van der Waals surface area contributed by atoms with Crippen LogP contribution in [0.4, 0.5) is 0 Å². The molecule has 0 aliphatic heterocycles. The smallest absolute Gasteiger partial charge is 0.217 e. The molecule has 1 N–H and O–H groups in total. The van der Waals surface area contributed by atoms with Crippen LogP contribution in [0, 0.1) is 0 Å². The Labute approximate surface area is 105 Å². The van der Waals surface area contributed by atoms with E-state index in [1.807, 2.05) is 12.1 Å². The molecule has 3 nitrogen and oxygen atoms in total. The summed E-state index contributed by atoms with van der Waals surface area (Å²) in [4.78, 5) is 5.52. The molecule has 0 aromatic carbocycles. The first-order valence-corrected chi connectivity index (χ1v) is 6.44. The van der Waals surface area contributed by atoms with Gasteiger partial charge in [-0.2, -0.15) is 0 Å². The van der Waals surface area contributed by atoms with Gasteiger partial charge in [-0.15, -0.1) is 11.3 Å². The highest BCUT2D eigenvalue weighted by Gasteiger charge is 2.08. The van der Waals surface area contributed by atoms with Crippen molar-refractivity contribution in [3.8, 4) is 5.88 Å². The van der Waals surface area contributed by atoms with Crippen molar-refractivity contribution in [3.05, 3.63) is 46.3 Å². The normalized spacial score (nSPS) is 12.4.